The van der Waals surface area contributed by atoms with E-state index in [2.05, 4.69) is 16.0 Å². The van der Waals surface area contributed by atoms with Gasteiger partial charge in [0.2, 0.25) is 5.91 Å². The number of rotatable bonds is 9. The minimum absolute atomic E-state index is 0.0523. The number of carbonyl (C=O) groups is 3. The van der Waals surface area contributed by atoms with Crippen molar-refractivity contribution in [3.05, 3.63) is 65.7 Å². The van der Waals surface area contributed by atoms with Crippen molar-refractivity contribution in [3.8, 4) is 5.75 Å². The van der Waals surface area contributed by atoms with Gasteiger partial charge in [0.1, 0.15) is 5.75 Å². The molecule has 2 aromatic carbocycles. The van der Waals surface area contributed by atoms with Gasteiger partial charge in [-0.25, -0.2) is 0 Å². The highest BCUT2D eigenvalue weighted by Crippen LogP contribution is 2.19. The lowest BCUT2D eigenvalue weighted by Gasteiger charge is -2.07. The Morgan fingerprint density at radius 1 is 1.03 bits per heavy atom. The van der Waals surface area contributed by atoms with Gasteiger partial charge in [0.15, 0.2) is 6.61 Å². The molecular weight excluding hydrogens is 382 g/mol. The minimum Gasteiger partial charge on any atom is -0.484 e. The predicted octanol–water partition coefficient (Wildman–Crippen LogP) is 2.75. The van der Waals surface area contributed by atoms with E-state index in [1.807, 2.05) is 6.92 Å². The number of anilines is 1. The first kappa shape index (κ1) is 21.1. The summed E-state index contributed by atoms with van der Waals surface area (Å²) < 4.78 is 5.37. The Labute approximate surface area is 175 Å². The molecule has 0 unspecified atom stereocenters. The van der Waals surface area contributed by atoms with Crippen molar-refractivity contribution >= 4 is 29.5 Å². The van der Waals surface area contributed by atoms with Gasteiger partial charge in [-0.1, -0.05) is 12.1 Å². The second-order valence-electron chi connectivity index (χ2n) is 6.96. The van der Waals surface area contributed by atoms with E-state index in [9.17, 15) is 14.4 Å². The highest BCUT2D eigenvalue weighted by Gasteiger charge is 2.23. The maximum absolute atomic E-state index is 12.1. The Morgan fingerprint density at radius 3 is 2.37 bits per heavy atom. The zero-order valence-corrected chi connectivity index (χ0v) is 16.8. The lowest BCUT2D eigenvalue weighted by molar-refractivity contribution is -0.123. The average molecular weight is 407 g/mol. The molecule has 0 aliphatic heterocycles. The molecule has 0 bridgehead atoms. The van der Waals surface area contributed by atoms with Crippen molar-refractivity contribution in [1.82, 2.24) is 10.6 Å². The lowest BCUT2D eigenvalue weighted by atomic mass is 10.1. The Bertz CT molecular complexity index is 916. The number of ether oxygens (including phenoxy) is 1. The third-order valence-corrected chi connectivity index (χ3v) is 4.38. The van der Waals surface area contributed by atoms with Crippen LogP contribution in [0.2, 0.25) is 0 Å². The molecule has 7 heteroatoms. The first-order chi connectivity index (χ1) is 14.5. The van der Waals surface area contributed by atoms with Crippen molar-refractivity contribution in [2.45, 2.75) is 25.8 Å². The first-order valence-electron chi connectivity index (χ1n) is 9.93. The SMILES string of the molecule is CCNC(=O)COc1ccc(NC(=O)/C=C/c2ccc(C(=O)NC3CC3)cc2)cc1. The normalized spacial score (nSPS) is 13.0. The van der Waals surface area contributed by atoms with Crippen LogP contribution in [0.15, 0.2) is 54.6 Å². The molecule has 0 heterocycles. The number of hydrogen-bond acceptors (Lipinski definition) is 4. The van der Waals surface area contributed by atoms with Crippen LogP contribution in [0, 0.1) is 0 Å². The summed E-state index contributed by atoms with van der Waals surface area (Å²) in [5, 5.41) is 8.35. The molecular formula is C23H25N3O4. The quantitative estimate of drug-likeness (QED) is 0.557. The van der Waals surface area contributed by atoms with Gasteiger partial charge in [0.05, 0.1) is 0 Å². The second kappa shape index (κ2) is 10.2. The number of likely N-dealkylation sites (N-methyl/N-ethyl adjacent to an activating group) is 1. The monoisotopic (exact) mass is 407 g/mol. The van der Waals surface area contributed by atoms with E-state index in [-0.39, 0.29) is 24.3 Å². The maximum atomic E-state index is 12.1. The van der Waals surface area contributed by atoms with Gasteiger partial charge in [-0.15, -0.1) is 0 Å². The highest BCUT2D eigenvalue weighted by molar-refractivity contribution is 6.02. The van der Waals surface area contributed by atoms with E-state index in [0.29, 0.717) is 29.6 Å². The Hall–Kier alpha value is -3.61. The standard InChI is InChI=1S/C23H25N3O4/c1-2-24-22(28)15-30-20-12-10-18(11-13-20)25-21(27)14-5-16-3-6-17(7-4-16)23(29)26-19-8-9-19/h3-7,10-14,19H,2,8-9,15H2,1H3,(H,24,28)(H,25,27)(H,26,29)/b14-5+. The molecule has 0 aromatic heterocycles. The fourth-order valence-corrected chi connectivity index (χ4v) is 2.63. The van der Waals surface area contributed by atoms with Gasteiger partial charge in [0, 0.05) is 29.9 Å². The van der Waals surface area contributed by atoms with E-state index >= 15 is 0 Å². The van der Waals surface area contributed by atoms with E-state index in [0.717, 1.165) is 18.4 Å². The maximum Gasteiger partial charge on any atom is 0.257 e. The molecule has 156 valence electrons. The molecule has 0 atom stereocenters. The summed E-state index contributed by atoms with van der Waals surface area (Å²) in [6.07, 6.45) is 5.21. The van der Waals surface area contributed by atoms with Crippen molar-refractivity contribution < 1.29 is 19.1 Å². The van der Waals surface area contributed by atoms with Gasteiger partial charge in [-0.05, 0) is 67.8 Å². The zero-order valence-electron chi connectivity index (χ0n) is 16.8. The summed E-state index contributed by atoms with van der Waals surface area (Å²) in [6, 6.07) is 14.2. The molecule has 1 saturated carbocycles. The third kappa shape index (κ3) is 6.77. The summed E-state index contributed by atoms with van der Waals surface area (Å²) in [7, 11) is 0. The Balaban J connectivity index is 1.46. The molecule has 2 aromatic rings. The number of benzene rings is 2. The Morgan fingerprint density at radius 2 is 1.73 bits per heavy atom. The Kier molecular flexibility index (Phi) is 7.21. The molecule has 3 N–H and O–H groups in total. The smallest absolute Gasteiger partial charge is 0.257 e. The second-order valence-corrected chi connectivity index (χ2v) is 6.96. The molecule has 1 fully saturated rings. The molecule has 7 nitrogen and oxygen atoms in total. The molecule has 0 spiro atoms. The van der Waals surface area contributed by atoms with Crippen LogP contribution in [0.1, 0.15) is 35.7 Å². The summed E-state index contributed by atoms with van der Waals surface area (Å²) in [6.45, 7) is 2.34. The van der Waals surface area contributed by atoms with Gasteiger partial charge < -0.3 is 20.7 Å². The van der Waals surface area contributed by atoms with Crippen LogP contribution in [0.25, 0.3) is 6.08 Å². The first-order valence-corrected chi connectivity index (χ1v) is 9.93. The number of amides is 3. The van der Waals surface area contributed by atoms with Crippen LogP contribution in [0.3, 0.4) is 0 Å². The van der Waals surface area contributed by atoms with Crippen LogP contribution in [-0.2, 0) is 9.59 Å². The molecule has 30 heavy (non-hydrogen) atoms. The van der Waals surface area contributed by atoms with Gasteiger partial charge in [-0.2, -0.15) is 0 Å². The van der Waals surface area contributed by atoms with Gasteiger partial charge in [-0.3, -0.25) is 14.4 Å². The molecule has 3 rings (SSSR count). The summed E-state index contributed by atoms with van der Waals surface area (Å²) in [4.78, 5) is 35.5. The molecule has 0 radical (unpaired) electrons. The molecule has 1 aliphatic rings. The van der Waals surface area contributed by atoms with Crippen molar-refractivity contribution in [3.63, 3.8) is 0 Å². The van der Waals surface area contributed by atoms with E-state index in [1.165, 1.54) is 6.08 Å². The topological polar surface area (TPSA) is 96.5 Å². The number of carbonyl (C=O) groups excluding carboxylic acids is 3. The number of nitrogens with one attached hydrogen (secondary N) is 3. The van der Waals surface area contributed by atoms with Gasteiger partial charge in [0.25, 0.3) is 11.8 Å². The fraction of sp³-hybridized carbons (Fsp3) is 0.261. The molecule has 3 amide bonds. The highest BCUT2D eigenvalue weighted by atomic mass is 16.5. The van der Waals surface area contributed by atoms with Crippen LogP contribution in [-0.4, -0.2) is 36.9 Å². The van der Waals surface area contributed by atoms with E-state index in [4.69, 9.17) is 4.74 Å². The van der Waals surface area contributed by atoms with Crippen molar-refractivity contribution in [1.29, 1.82) is 0 Å². The van der Waals surface area contributed by atoms with Crippen LogP contribution in [0.4, 0.5) is 5.69 Å². The molecule has 0 saturated heterocycles. The van der Waals surface area contributed by atoms with Crippen LogP contribution in [0.5, 0.6) is 5.75 Å². The predicted molar refractivity (Wildman–Crippen MR) is 115 cm³/mol. The summed E-state index contributed by atoms with van der Waals surface area (Å²) >= 11 is 0. The minimum atomic E-state index is -0.276. The fourth-order valence-electron chi connectivity index (χ4n) is 2.63. The van der Waals surface area contributed by atoms with Gasteiger partial charge >= 0.3 is 0 Å². The summed E-state index contributed by atoms with van der Waals surface area (Å²) in [5.74, 6) is 0.0166. The van der Waals surface area contributed by atoms with Crippen molar-refractivity contribution in [2.24, 2.45) is 0 Å². The molecule has 1 aliphatic carbocycles. The third-order valence-electron chi connectivity index (χ3n) is 4.38. The number of hydrogen-bond donors (Lipinski definition) is 3. The van der Waals surface area contributed by atoms with Crippen molar-refractivity contribution in [2.75, 3.05) is 18.5 Å². The van der Waals surface area contributed by atoms with Crippen LogP contribution >= 0.6 is 0 Å². The van der Waals surface area contributed by atoms with E-state index in [1.54, 1.807) is 54.6 Å². The van der Waals surface area contributed by atoms with E-state index < -0.39 is 0 Å². The largest absolute Gasteiger partial charge is 0.484 e. The van der Waals surface area contributed by atoms with Crippen LogP contribution < -0.4 is 20.7 Å². The zero-order chi connectivity index (χ0) is 21.3. The summed E-state index contributed by atoms with van der Waals surface area (Å²) in [5.41, 5.74) is 2.04. The lowest BCUT2D eigenvalue weighted by Crippen LogP contribution is -2.28. The average Bonchev–Trinajstić information content (AvgIpc) is 3.56.